The van der Waals surface area contributed by atoms with E-state index in [-0.39, 0.29) is 5.69 Å². The molecule has 0 aromatic heterocycles. The highest BCUT2D eigenvalue weighted by atomic mass is 19.4. The summed E-state index contributed by atoms with van der Waals surface area (Å²) in [6.45, 7) is -0.482. The van der Waals surface area contributed by atoms with Crippen molar-refractivity contribution in [1.29, 1.82) is 0 Å². The van der Waals surface area contributed by atoms with Crippen LogP contribution < -0.4 is 5.32 Å². The predicted molar refractivity (Wildman–Crippen MR) is 45.5 cm³/mol. The van der Waals surface area contributed by atoms with Crippen LogP contribution in [-0.2, 0) is 0 Å². The zero-order chi connectivity index (χ0) is 11.5. The van der Waals surface area contributed by atoms with Gasteiger partial charge in [0.15, 0.2) is 0 Å². The van der Waals surface area contributed by atoms with Crippen LogP contribution in [0.25, 0.3) is 0 Å². The third-order valence-corrected chi connectivity index (χ3v) is 1.65. The quantitative estimate of drug-likeness (QED) is 0.778. The first-order valence-corrected chi connectivity index (χ1v) is 4.14. The molecule has 0 unspecified atom stereocenters. The maximum Gasteiger partial charge on any atom is 0.390 e. The molecule has 1 aromatic carbocycles. The summed E-state index contributed by atoms with van der Waals surface area (Å²) in [4.78, 5) is 0. The molecule has 1 nitrogen and oxygen atoms in total. The summed E-state index contributed by atoms with van der Waals surface area (Å²) in [6.07, 6.45) is -5.40. The first-order chi connectivity index (χ1) is 6.88. The Morgan fingerprint density at radius 3 is 2.40 bits per heavy atom. The molecule has 0 amide bonds. The molecule has 1 rings (SSSR count). The van der Waals surface area contributed by atoms with Crippen LogP contribution in [0.2, 0.25) is 0 Å². The van der Waals surface area contributed by atoms with E-state index in [0.29, 0.717) is 0 Å². The van der Waals surface area contributed by atoms with E-state index in [1.54, 1.807) is 0 Å². The van der Waals surface area contributed by atoms with E-state index in [9.17, 15) is 22.0 Å². The van der Waals surface area contributed by atoms with E-state index in [1.165, 1.54) is 0 Å². The molecule has 6 heteroatoms. The van der Waals surface area contributed by atoms with Gasteiger partial charge in [0, 0.05) is 6.54 Å². The third-order valence-electron chi connectivity index (χ3n) is 1.65. The van der Waals surface area contributed by atoms with Crippen LogP contribution in [0.3, 0.4) is 0 Å². The maximum absolute atomic E-state index is 12.9. The lowest BCUT2D eigenvalue weighted by Gasteiger charge is -2.09. The van der Waals surface area contributed by atoms with Gasteiger partial charge in [-0.25, -0.2) is 8.78 Å². The maximum atomic E-state index is 12.9. The molecule has 0 saturated heterocycles. The van der Waals surface area contributed by atoms with Crippen molar-refractivity contribution < 1.29 is 22.0 Å². The normalized spacial score (nSPS) is 11.5. The summed E-state index contributed by atoms with van der Waals surface area (Å²) in [5, 5.41) is 2.18. The molecule has 0 atom stereocenters. The minimum absolute atomic E-state index is 0.265. The van der Waals surface area contributed by atoms with Crippen LogP contribution in [-0.4, -0.2) is 12.7 Å². The molecule has 0 saturated carbocycles. The van der Waals surface area contributed by atoms with Crippen LogP contribution in [0, 0.1) is 11.6 Å². The van der Waals surface area contributed by atoms with Crippen LogP contribution >= 0.6 is 0 Å². The molecule has 15 heavy (non-hydrogen) atoms. The number of halogens is 5. The van der Waals surface area contributed by atoms with Crippen molar-refractivity contribution in [2.24, 2.45) is 0 Å². The van der Waals surface area contributed by atoms with Crippen molar-refractivity contribution in [3.63, 3.8) is 0 Å². The molecule has 1 N–H and O–H groups in total. The fraction of sp³-hybridized carbons (Fsp3) is 0.333. The van der Waals surface area contributed by atoms with Crippen LogP contribution in [0.15, 0.2) is 18.2 Å². The number of nitrogens with one attached hydrogen (secondary N) is 1. The van der Waals surface area contributed by atoms with Gasteiger partial charge in [0.1, 0.15) is 11.6 Å². The highest BCUT2D eigenvalue weighted by Gasteiger charge is 2.26. The minimum Gasteiger partial charge on any atom is -0.382 e. The Kier molecular flexibility index (Phi) is 3.49. The van der Waals surface area contributed by atoms with Crippen molar-refractivity contribution >= 4 is 5.69 Å². The molecule has 0 bridgehead atoms. The molecule has 0 aliphatic carbocycles. The van der Waals surface area contributed by atoms with Crippen molar-refractivity contribution in [2.75, 3.05) is 11.9 Å². The molecule has 0 aliphatic rings. The van der Waals surface area contributed by atoms with Crippen LogP contribution in [0.5, 0.6) is 0 Å². The lowest BCUT2D eigenvalue weighted by molar-refractivity contribution is -0.131. The standard InChI is InChI=1S/C9H8F5N/c10-6-1-2-7(11)8(5-6)15-4-3-9(12,13)14/h1-2,5,15H,3-4H2. The molecule has 0 heterocycles. The molecule has 0 aliphatic heterocycles. The SMILES string of the molecule is Fc1ccc(F)c(NCCC(F)(F)F)c1. The Morgan fingerprint density at radius 1 is 1.13 bits per heavy atom. The zero-order valence-corrected chi connectivity index (χ0v) is 7.54. The largest absolute Gasteiger partial charge is 0.390 e. The van der Waals surface area contributed by atoms with Crippen LogP contribution in [0.4, 0.5) is 27.6 Å². The van der Waals surface area contributed by atoms with Gasteiger partial charge in [0.05, 0.1) is 12.1 Å². The Balaban J connectivity index is 2.54. The van der Waals surface area contributed by atoms with Gasteiger partial charge in [-0.15, -0.1) is 0 Å². The predicted octanol–water partition coefficient (Wildman–Crippen LogP) is 3.33. The van der Waals surface area contributed by atoms with E-state index in [1.807, 2.05) is 0 Å². The minimum atomic E-state index is -4.31. The van der Waals surface area contributed by atoms with Gasteiger partial charge < -0.3 is 5.32 Å². The van der Waals surface area contributed by atoms with Gasteiger partial charge in [-0.1, -0.05) is 0 Å². The molecular formula is C9H8F5N. The monoisotopic (exact) mass is 225 g/mol. The highest BCUT2D eigenvalue weighted by Crippen LogP contribution is 2.20. The molecule has 0 radical (unpaired) electrons. The summed E-state index contributed by atoms with van der Waals surface area (Å²) in [7, 11) is 0. The zero-order valence-electron chi connectivity index (χ0n) is 7.54. The van der Waals surface area contributed by atoms with Crippen molar-refractivity contribution in [1.82, 2.24) is 0 Å². The number of hydrogen-bond donors (Lipinski definition) is 1. The van der Waals surface area contributed by atoms with E-state index >= 15 is 0 Å². The lowest BCUT2D eigenvalue weighted by atomic mass is 10.3. The number of rotatable bonds is 3. The van der Waals surface area contributed by atoms with E-state index in [4.69, 9.17) is 0 Å². The number of anilines is 1. The van der Waals surface area contributed by atoms with E-state index < -0.39 is 30.8 Å². The fourth-order valence-electron chi connectivity index (χ4n) is 0.972. The van der Waals surface area contributed by atoms with E-state index in [0.717, 1.165) is 18.2 Å². The molecular weight excluding hydrogens is 217 g/mol. The van der Waals surface area contributed by atoms with Gasteiger partial charge >= 0.3 is 6.18 Å². The van der Waals surface area contributed by atoms with Crippen molar-refractivity contribution in [3.05, 3.63) is 29.8 Å². The Labute approximate surface area is 82.9 Å². The Bertz CT molecular complexity index is 334. The second kappa shape index (κ2) is 4.46. The van der Waals surface area contributed by atoms with Crippen LogP contribution in [0.1, 0.15) is 6.42 Å². The van der Waals surface area contributed by atoms with Crippen molar-refractivity contribution in [2.45, 2.75) is 12.6 Å². The van der Waals surface area contributed by atoms with Gasteiger partial charge in [-0.05, 0) is 18.2 Å². The fourth-order valence-corrected chi connectivity index (χ4v) is 0.972. The summed E-state index contributed by atoms with van der Waals surface area (Å²) in [6, 6.07) is 2.56. The number of hydrogen-bond acceptors (Lipinski definition) is 1. The summed E-state index contributed by atoms with van der Waals surface area (Å²) in [5.74, 6) is -1.48. The average Bonchev–Trinajstić information content (AvgIpc) is 2.09. The lowest BCUT2D eigenvalue weighted by Crippen LogP contribution is -2.15. The third kappa shape index (κ3) is 4.14. The first-order valence-electron chi connectivity index (χ1n) is 4.14. The number of alkyl halides is 3. The average molecular weight is 225 g/mol. The van der Waals surface area contributed by atoms with E-state index in [2.05, 4.69) is 5.32 Å². The van der Waals surface area contributed by atoms with Gasteiger partial charge in [-0.3, -0.25) is 0 Å². The smallest absolute Gasteiger partial charge is 0.382 e. The summed E-state index contributed by atoms with van der Waals surface area (Å²) in [5.41, 5.74) is -0.265. The molecule has 0 spiro atoms. The highest BCUT2D eigenvalue weighted by molar-refractivity contribution is 5.44. The second-order valence-electron chi connectivity index (χ2n) is 2.92. The summed E-state index contributed by atoms with van der Waals surface area (Å²) >= 11 is 0. The molecule has 1 aromatic rings. The Hall–Kier alpha value is -1.33. The van der Waals surface area contributed by atoms with Gasteiger partial charge in [0.2, 0.25) is 0 Å². The molecule has 84 valence electrons. The second-order valence-corrected chi connectivity index (χ2v) is 2.92. The Morgan fingerprint density at radius 2 is 1.80 bits per heavy atom. The summed E-state index contributed by atoms with van der Waals surface area (Å²) < 4.78 is 60.6. The first kappa shape index (κ1) is 11.7. The molecule has 0 fully saturated rings. The van der Waals surface area contributed by atoms with Gasteiger partial charge in [0.25, 0.3) is 0 Å². The topological polar surface area (TPSA) is 12.0 Å². The number of benzene rings is 1. The van der Waals surface area contributed by atoms with Crippen molar-refractivity contribution in [3.8, 4) is 0 Å². The van der Waals surface area contributed by atoms with Gasteiger partial charge in [-0.2, -0.15) is 13.2 Å².